The molecule has 3 rings (SSSR count). The monoisotopic (exact) mass is 320 g/mol. The van der Waals surface area contributed by atoms with Gasteiger partial charge in [-0.25, -0.2) is 5.43 Å². The molecule has 0 aliphatic rings. The number of methoxy groups -OCH3 is 1. The normalized spacial score (nSPS) is 10.9. The Morgan fingerprint density at radius 2 is 1.92 bits per heavy atom. The predicted octanol–water partition coefficient (Wildman–Crippen LogP) is 3.32. The minimum Gasteiger partial charge on any atom is -0.504 e. The summed E-state index contributed by atoms with van der Waals surface area (Å²) in [5.41, 5.74) is 3.78. The van der Waals surface area contributed by atoms with Gasteiger partial charge in [-0.1, -0.05) is 36.4 Å². The van der Waals surface area contributed by atoms with Crippen molar-refractivity contribution in [3.63, 3.8) is 0 Å². The van der Waals surface area contributed by atoms with E-state index in [-0.39, 0.29) is 11.7 Å². The molecule has 2 N–H and O–H groups in total. The number of fused-ring (bicyclic) bond motifs is 1. The van der Waals surface area contributed by atoms with Gasteiger partial charge in [-0.15, -0.1) is 0 Å². The van der Waals surface area contributed by atoms with Crippen molar-refractivity contribution in [1.29, 1.82) is 0 Å². The van der Waals surface area contributed by atoms with Gasteiger partial charge in [-0.05, 0) is 40.6 Å². The van der Waals surface area contributed by atoms with Gasteiger partial charge >= 0.3 is 0 Å². The summed E-state index contributed by atoms with van der Waals surface area (Å²) in [6.45, 7) is 0. The smallest absolute Gasteiger partial charge is 0.271 e. The third kappa shape index (κ3) is 3.20. The molecule has 3 aromatic carbocycles. The highest BCUT2D eigenvalue weighted by Gasteiger charge is 2.08. The second-order valence-corrected chi connectivity index (χ2v) is 5.16. The minimum atomic E-state index is -0.284. The van der Waals surface area contributed by atoms with Crippen LogP contribution in [0, 0.1) is 0 Å². The Morgan fingerprint density at radius 3 is 2.75 bits per heavy atom. The molecule has 5 nitrogen and oxygen atoms in total. The largest absolute Gasteiger partial charge is 0.504 e. The number of nitrogens with zero attached hydrogens (tertiary/aromatic N) is 1. The maximum Gasteiger partial charge on any atom is 0.271 e. The quantitative estimate of drug-likeness (QED) is 0.572. The Labute approximate surface area is 139 Å². The Bertz CT molecular complexity index is 914. The van der Waals surface area contributed by atoms with Gasteiger partial charge in [0.1, 0.15) is 0 Å². The Balaban J connectivity index is 1.77. The molecule has 0 spiro atoms. The van der Waals surface area contributed by atoms with E-state index in [0.29, 0.717) is 16.9 Å². The molecule has 0 atom stereocenters. The van der Waals surface area contributed by atoms with Crippen molar-refractivity contribution >= 4 is 22.9 Å². The zero-order valence-electron chi connectivity index (χ0n) is 13.1. The molecular weight excluding hydrogens is 304 g/mol. The van der Waals surface area contributed by atoms with E-state index in [0.717, 1.165) is 10.8 Å². The average molecular weight is 320 g/mol. The van der Waals surface area contributed by atoms with E-state index in [2.05, 4.69) is 10.5 Å². The number of nitrogens with one attached hydrogen (secondary N) is 1. The van der Waals surface area contributed by atoms with Gasteiger partial charge in [0, 0.05) is 5.56 Å². The Hall–Kier alpha value is -3.34. The zero-order valence-corrected chi connectivity index (χ0v) is 13.1. The molecular formula is C19H16N2O3. The molecule has 120 valence electrons. The maximum atomic E-state index is 12.3. The first-order chi connectivity index (χ1) is 11.7. The molecule has 0 aliphatic carbocycles. The second-order valence-electron chi connectivity index (χ2n) is 5.16. The lowest BCUT2D eigenvalue weighted by Crippen LogP contribution is -2.17. The number of aromatic hydroxyl groups is 1. The standard InChI is InChI=1S/C19H16N2O3/c1-24-18-11-13(9-10-17(18)22)12-20-21-19(23)16-8-4-6-14-5-2-3-7-15(14)16/h2-12,22H,1H3,(H,21,23). The first-order valence-electron chi connectivity index (χ1n) is 7.37. The van der Waals surface area contributed by atoms with Crippen molar-refractivity contribution in [1.82, 2.24) is 5.43 Å². The van der Waals surface area contributed by atoms with Crippen LogP contribution in [0.5, 0.6) is 11.5 Å². The number of amides is 1. The van der Waals surface area contributed by atoms with Crippen molar-refractivity contribution in [2.75, 3.05) is 7.11 Å². The van der Waals surface area contributed by atoms with E-state index in [1.54, 1.807) is 18.2 Å². The van der Waals surface area contributed by atoms with E-state index < -0.39 is 0 Å². The molecule has 0 heterocycles. The molecule has 5 heteroatoms. The summed E-state index contributed by atoms with van der Waals surface area (Å²) < 4.78 is 5.03. The van der Waals surface area contributed by atoms with Gasteiger partial charge in [0.25, 0.3) is 5.91 Å². The van der Waals surface area contributed by atoms with Crippen molar-refractivity contribution in [3.8, 4) is 11.5 Å². The summed E-state index contributed by atoms with van der Waals surface area (Å²) in [6, 6.07) is 18.0. The number of carbonyl (C=O) groups excluding carboxylic acids is 1. The molecule has 0 saturated carbocycles. The topological polar surface area (TPSA) is 70.9 Å². The van der Waals surface area contributed by atoms with Gasteiger partial charge in [0.05, 0.1) is 13.3 Å². The van der Waals surface area contributed by atoms with E-state index in [1.165, 1.54) is 19.4 Å². The number of carbonyl (C=O) groups is 1. The van der Waals surface area contributed by atoms with E-state index in [4.69, 9.17) is 4.74 Å². The fourth-order valence-electron chi connectivity index (χ4n) is 2.42. The third-order valence-electron chi connectivity index (χ3n) is 3.62. The lowest BCUT2D eigenvalue weighted by molar-refractivity contribution is 0.0957. The summed E-state index contributed by atoms with van der Waals surface area (Å²) in [7, 11) is 1.47. The summed E-state index contributed by atoms with van der Waals surface area (Å²) >= 11 is 0. The van der Waals surface area contributed by atoms with E-state index in [1.807, 2.05) is 36.4 Å². The number of rotatable bonds is 4. The first-order valence-corrected chi connectivity index (χ1v) is 7.37. The number of ether oxygens (including phenoxy) is 1. The number of benzene rings is 3. The third-order valence-corrected chi connectivity index (χ3v) is 3.62. The van der Waals surface area contributed by atoms with Crippen LogP contribution in [0.25, 0.3) is 10.8 Å². The molecule has 0 fully saturated rings. The number of hydrazone groups is 1. The molecule has 3 aromatic rings. The summed E-state index contributed by atoms with van der Waals surface area (Å²) in [5.74, 6) is 0.113. The predicted molar refractivity (Wildman–Crippen MR) is 93.7 cm³/mol. The fraction of sp³-hybridized carbons (Fsp3) is 0.0526. The van der Waals surface area contributed by atoms with Crippen molar-refractivity contribution in [2.24, 2.45) is 5.10 Å². The molecule has 0 unspecified atom stereocenters. The van der Waals surface area contributed by atoms with Crippen LogP contribution in [-0.4, -0.2) is 24.3 Å². The van der Waals surface area contributed by atoms with Crippen LogP contribution < -0.4 is 10.2 Å². The van der Waals surface area contributed by atoms with Gasteiger partial charge in [-0.2, -0.15) is 5.10 Å². The zero-order chi connectivity index (χ0) is 16.9. The van der Waals surface area contributed by atoms with Gasteiger partial charge in [0.15, 0.2) is 11.5 Å². The molecule has 0 aliphatic heterocycles. The highest BCUT2D eigenvalue weighted by molar-refractivity contribution is 6.07. The van der Waals surface area contributed by atoms with Gasteiger partial charge in [0.2, 0.25) is 0 Å². The van der Waals surface area contributed by atoms with Crippen LogP contribution in [0.15, 0.2) is 65.8 Å². The fourth-order valence-corrected chi connectivity index (χ4v) is 2.42. The minimum absolute atomic E-state index is 0.0504. The maximum absolute atomic E-state index is 12.3. The lowest BCUT2D eigenvalue weighted by atomic mass is 10.0. The molecule has 0 aromatic heterocycles. The van der Waals surface area contributed by atoms with E-state index >= 15 is 0 Å². The van der Waals surface area contributed by atoms with Crippen LogP contribution in [0.3, 0.4) is 0 Å². The molecule has 0 saturated heterocycles. The molecule has 1 amide bonds. The van der Waals surface area contributed by atoms with Crippen molar-refractivity contribution in [2.45, 2.75) is 0 Å². The van der Waals surface area contributed by atoms with E-state index in [9.17, 15) is 9.90 Å². The van der Waals surface area contributed by atoms with Crippen molar-refractivity contribution in [3.05, 3.63) is 71.8 Å². The van der Waals surface area contributed by atoms with Gasteiger partial charge < -0.3 is 9.84 Å². The second kappa shape index (κ2) is 6.83. The summed E-state index contributed by atoms with van der Waals surface area (Å²) in [6.07, 6.45) is 1.49. The van der Waals surface area contributed by atoms with Crippen LogP contribution in [0.2, 0.25) is 0 Å². The van der Waals surface area contributed by atoms with Crippen LogP contribution in [0.1, 0.15) is 15.9 Å². The van der Waals surface area contributed by atoms with Crippen LogP contribution in [-0.2, 0) is 0 Å². The molecule has 0 radical (unpaired) electrons. The first kappa shape index (κ1) is 15.6. The molecule has 0 bridgehead atoms. The highest BCUT2D eigenvalue weighted by Crippen LogP contribution is 2.25. The summed E-state index contributed by atoms with van der Waals surface area (Å²) in [5, 5.41) is 15.4. The SMILES string of the molecule is COc1cc(C=NNC(=O)c2cccc3ccccc23)ccc1O. The summed E-state index contributed by atoms with van der Waals surface area (Å²) in [4.78, 5) is 12.3. The van der Waals surface area contributed by atoms with Crippen LogP contribution >= 0.6 is 0 Å². The number of phenolic OH excluding ortho intramolecular Hbond substituents is 1. The van der Waals surface area contributed by atoms with Crippen LogP contribution in [0.4, 0.5) is 0 Å². The Morgan fingerprint density at radius 1 is 1.12 bits per heavy atom. The van der Waals surface area contributed by atoms with Crippen molar-refractivity contribution < 1.29 is 14.6 Å². The average Bonchev–Trinajstić information content (AvgIpc) is 2.62. The molecule has 24 heavy (non-hydrogen) atoms. The van der Waals surface area contributed by atoms with Gasteiger partial charge in [-0.3, -0.25) is 4.79 Å². The Kier molecular flexibility index (Phi) is 4.43. The number of phenols is 1. The number of hydrogen-bond donors (Lipinski definition) is 2. The number of hydrogen-bond acceptors (Lipinski definition) is 4. The lowest BCUT2D eigenvalue weighted by Gasteiger charge is -2.05. The highest BCUT2D eigenvalue weighted by atomic mass is 16.5.